The molecule has 1 saturated heterocycles. The molecule has 0 aromatic heterocycles. The smallest absolute Gasteiger partial charge is 0.220 e. The van der Waals surface area contributed by atoms with Crippen molar-refractivity contribution in [2.45, 2.75) is 198 Å². The summed E-state index contributed by atoms with van der Waals surface area (Å²) in [5, 5.41) is 53.9. The number of unbranched alkanes of at least 4 members (excludes halogenated alkanes) is 16. The summed E-state index contributed by atoms with van der Waals surface area (Å²) < 4.78 is 11.2. The van der Waals surface area contributed by atoms with E-state index in [2.05, 4.69) is 55.6 Å². The zero-order valence-corrected chi connectivity index (χ0v) is 32.1. The molecule has 0 aromatic rings. The molecule has 0 aliphatic carbocycles. The first-order valence-corrected chi connectivity index (χ1v) is 20.4. The van der Waals surface area contributed by atoms with Crippen molar-refractivity contribution in [3.63, 3.8) is 0 Å². The average Bonchev–Trinajstić information content (AvgIpc) is 3.13. The van der Waals surface area contributed by atoms with Gasteiger partial charge in [-0.1, -0.05) is 146 Å². The predicted octanol–water partition coefficient (Wildman–Crippen LogP) is 7.50. The topological polar surface area (TPSA) is 149 Å². The largest absolute Gasteiger partial charge is 0.394 e. The van der Waals surface area contributed by atoms with E-state index in [0.29, 0.717) is 6.42 Å². The summed E-state index contributed by atoms with van der Waals surface area (Å²) in [6.45, 7) is 3.61. The van der Waals surface area contributed by atoms with Gasteiger partial charge in [0.05, 0.1) is 25.4 Å². The maximum Gasteiger partial charge on any atom is 0.220 e. The highest BCUT2D eigenvalue weighted by atomic mass is 16.7. The first-order chi connectivity index (χ1) is 24.8. The summed E-state index contributed by atoms with van der Waals surface area (Å²) in [5.41, 5.74) is 0. The summed E-state index contributed by atoms with van der Waals surface area (Å²) in [7, 11) is 0. The predicted molar refractivity (Wildman–Crippen MR) is 207 cm³/mol. The molecule has 0 aromatic carbocycles. The van der Waals surface area contributed by atoms with Crippen molar-refractivity contribution in [2.75, 3.05) is 13.2 Å². The zero-order valence-electron chi connectivity index (χ0n) is 32.1. The van der Waals surface area contributed by atoms with Crippen molar-refractivity contribution in [3.05, 3.63) is 48.6 Å². The van der Waals surface area contributed by atoms with E-state index in [1.807, 2.05) is 6.08 Å². The van der Waals surface area contributed by atoms with E-state index >= 15 is 0 Å². The second-order valence-electron chi connectivity index (χ2n) is 14.0. The molecule has 1 rings (SSSR count). The number of aliphatic hydroxyl groups excluding tert-OH is 5. The highest BCUT2D eigenvalue weighted by molar-refractivity contribution is 5.76. The lowest BCUT2D eigenvalue weighted by atomic mass is 9.99. The van der Waals surface area contributed by atoms with Crippen molar-refractivity contribution >= 4 is 5.91 Å². The summed E-state index contributed by atoms with van der Waals surface area (Å²) in [4.78, 5) is 12.9. The van der Waals surface area contributed by atoms with E-state index in [4.69, 9.17) is 9.47 Å². The second kappa shape index (κ2) is 32.8. The van der Waals surface area contributed by atoms with Crippen molar-refractivity contribution < 1.29 is 39.8 Å². The van der Waals surface area contributed by atoms with Crippen LogP contribution in [0.25, 0.3) is 0 Å². The second-order valence-corrected chi connectivity index (χ2v) is 14.0. The van der Waals surface area contributed by atoms with Gasteiger partial charge in [-0.2, -0.15) is 0 Å². The van der Waals surface area contributed by atoms with Crippen LogP contribution in [0.3, 0.4) is 0 Å². The Morgan fingerprint density at radius 2 is 1.22 bits per heavy atom. The van der Waals surface area contributed by atoms with Gasteiger partial charge in [0.25, 0.3) is 0 Å². The van der Waals surface area contributed by atoms with E-state index in [1.165, 1.54) is 64.2 Å². The lowest BCUT2D eigenvalue weighted by molar-refractivity contribution is -0.302. The van der Waals surface area contributed by atoms with Crippen molar-refractivity contribution in [1.82, 2.24) is 5.32 Å². The number of carbonyl (C=O) groups is 1. The molecule has 6 N–H and O–H groups in total. The molecular weight excluding hydrogens is 646 g/mol. The summed E-state index contributed by atoms with van der Waals surface area (Å²) in [5.74, 6) is -0.192. The van der Waals surface area contributed by atoms with E-state index in [9.17, 15) is 30.3 Å². The third-order valence-electron chi connectivity index (χ3n) is 9.41. The van der Waals surface area contributed by atoms with Crippen LogP contribution in [0.5, 0.6) is 0 Å². The van der Waals surface area contributed by atoms with Crippen LogP contribution in [0.4, 0.5) is 0 Å². The maximum absolute atomic E-state index is 12.9. The molecule has 296 valence electrons. The monoisotopic (exact) mass is 722 g/mol. The normalized spacial score (nSPS) is 22.5. The van der Waals surface area contributed by atoms with Crippen LogP contribution in [0, 0.1) is 0 Å². The fourth-order valence-electron chi connectivity index (χ4n) is 6.11. The molecule has 0 radical (unpaired) electrons. The van der Waals surface area contributed by atoms with Crippen LogP contribution in [0.1, 0.15) is 155 Å². The van der Waals surface area contributed by atoms with Gasteiger partial charge in [0.15, 0.2) is 6.29 Å². The zero-order chi connectivity index (χ0) is 37.4. The molecule has 1 aliphatic rings. The molecule has 0 bridgehead atoms. The number of carbonyl (C=O) groups excluding carboxylic acids is 1. The summed E-state index contributed by atoms with van der Waals surface area (Å²) in [6.07, 6.45) is 32.9. The fraction of sp³-hybridized carbons (Fsp3) is 0.786. The number of aliphatic hydroxyl groups is 5. The Morgan fingerprint density at radius 3 is 1.80 bits per heavy atom. The van der Waals surface area contributed by atoms with Crippen LogP contribution in [0.15, 0.2) is 48.6 Å². The Balaban J connectivity index is 2.41. The lowest BCUT2D eigenvalue weighted by Crippen LogP contribution is -2.60. The fourth-order valence-corrected chi connectivity index (χ4v) is 6.11. The van der Waals surface area contributed by atoms with E-state index < -0.39 is 49.5 Å². The van der Waals surface area contributed by atoms with Gasteiger partial charge in [0.2, 0.25) is 5.91 Å². The number of rotatable bonds is 32. The van der Waals surface area contributed by atoms with Gasteiger partial charge in [-0.05, 0) is 51.4 Å². The van der Waals surface area contributed by atoms with Gasteiger partial charge < -0.3 is 40.3 Å². The number of ether oxygens (including phenoxy) is 2. The lowest BCUT2D eigenvalue weighted by Gasteiger charge is -2.40. The average molecular weight is 722 g/mol. The SMILES string of the molecule is CC/C=C\C/C=C\C/C=C\CCCCCCCCCC(=O)NC(COC1OC(CO)C(O)C(O)C1O)C(O)/C=C/CCCCCCCCCCC. The number of allylic oxidation sites excluding steroid dienone is 7. The Hall–Kier alpha value is -1.85. The highest BCUT2D eigenvalue weighted by Crippen LogP contribution is 2.22. The van der Waals surface area contributed by atoms with Crippen LogP contribution in [0.2, 0.25) is 0 Å². The number of amides is 1. The molecular formula is C42H75NO8. The third-order valence-corrected chi connectivity index (χ3v) is 9.41. The van der Waals surface area contributed by atoms with Gasteiger partial charge >= 0.3 is 0 Å². The van der Waals surface area contributed by atoms with Crippen molar-refractivity contribution in [1.29, 1.82) is 0 Å². The van der Waals surface area contributed by atoms with Crippen LogP contribution < -0.4 is 5.32 Å². The van der Waals surface area contributed by atoms with E-state index in [0.717, 1.165) is 70.6 Å². The van der Waals surface area contributed by atoms with Crippen LogP contribution in [-0.4, -0.2) is 87.5 Å². The van der Waals surface area contributed by atoms with Crippen LogP contribution in [-0.2, 0) is 14.3 Å². The van der Waals surface area contributed by atoms with E-state index in [1.54, 1.807) is 6.08 Å². The molecule has 9 heteroatoms. The quantitative estimate of drug-likeness (QED) is 0.0309. The highest BCUT2D eigenvalue weighted by Gasteiger charge is 2.44. The minimum absolute atomic E-state index is 0.192. The minimum atomic E-state index is -1.57. The van der Waals surface area contributed by atoms with Crippen molar-refractivity contribution in [2.24, 2.45) is 0 Å². The molecule has 9 nitrogen and oxygen atoms in total. The molecule has 51 heavy (non-hydrogen) atoms. The van der Waals surface area contributed by atoms with Gasteiger partial charge in [-0.3, -0.25) is 4.79 Å². The molecule has 1 heterocycles. The number of hydrogen-bond acceptors (Lipinski definition) is 8. The van der Waals surface area contributed by atoms with Gasteiger partial charge in [0.1, 0.15) is 24.4 Å². The first kappa shape index (κ1) is 47.2. The third kappa shape index (κ3) is 24.2. The Bertz CT molecular complexity index is 936. The Labute approximate surface area is 310 Å². The summed E-state index contributed by atoms with van der Waals surface area (Å²) in [6, 6.07) is -0.808. The molecule has 1 aliphatic heterocycles. The van der Waals surface area contributed by atoms with E-state index in [-0.39, 0.29) is 12.5 Å². The molecule has 0 saturated carbocycles. The number of hydrogen-bond donors (Lipinski definition) is 6. The molecule has 1 fully saturated rings. The Morgan fingerprint density at radius 1 is 0.686 bits per heavy atom. The first-order valence-electron chi connectivity index (χ1n) is 20.4. The molecule has 1 amide bonds. The maximum atomic E-state index is 12.9. The van der Waals surface area contributed by atoms with Crippen LogP contribution >= 0.6 is 0 Å². The molecule has 7 unspecified atom stereocenters. The molecule has 7 atom stereocenters. The minimum Gasteiger partial charge on any atom is -0.394 e. The molecule has 0 spiro atoms. The summed E-state index contributed by atoms with van der Waals surface area (Å²) >= 11 is 0. The van der Waals surface area contributed by atoms with Crippen molar-refractivity contribution in [3.8, 4) is 0 Å². The number of nitrogens with one attached hydrogen (secondary N) is 1. The standard InChI is InChI=1S/C42H75NO8/c1-3-5-7-9-11-13-15-16-17-18-19-20-22-24-26-28-30-32-38(46)43-35(34-50-42-41(49)40(48)39(47)37(33-44)51-42)36(45)31-29-27-25-23-21-14-12-10-8-6-4-2/h5,7,11,13,16-17,29,31,35-37,39-42,44-45,47-49H,3-4,6,8-10,12,14-15,18-28,30,32-34H2,1-2H3,(H,43,46)/b7-5-,13-11-,17-16-,31-29+. The van der Waals surface area contributed by atoms with Gasteiger partial charge in [-0.25, -0.2) is 0 Å². The Kier molecular flexibility index (Phi) is 30.3. The van der Waals surface area contributed by atoms with Gasteiger partial charge in [0, 0.05) is 6.42 Å². The van der Waals surface area contributed by atoms with Gasteiger partial charge in [-0.15, -0.1) is 0 Å².